The van der Waals surface area contributed by atoms with Gasteiger partial charge >= 0.3 is 0 Å². The number of hydrogen-bond donors (Lipinski definition) is 1. The van der Waals surface area contributed by atoms with Crippen molar-refractivity contribution in [2.24, 2.45) is 0 Å². The number of nitrogens with one attached hydrogen (secondary N) is 1. The van der Waals surface area contributed by atoms with Gasteiger partial charge in [0.15, 0.2) is 0 Å². The van der Waals surface area contributed by atoms with Crippen LogP contribution in [0.5, 0.6) is 0 Å². The Hall–Kier alpha value is -2.62. The Balaban J connectivity index is 1.70. The fourth-order valence-corrected chi connectivity index (χ4v) is 4.12. The minimum absolute atomic E-state index is 0.186. The van der Waals surface area contributed by atoms with Crippen molar-refractivity contribution in [3.8, 4) is 0 Å². The maximum Gasteiger partial charge on any atom is 0.299 e. The molecule has 0 unspecified atom stereocenters. The van der Waals surface area contributed by atoms with Crippen LogP contribution >= 0.6 is 0 Å². The lowest BCUT2D eigenvalue weighted by Crippen LogP contribution is -2.16. The van der Waals surface area contributed by atoms with Gasteiger partial charge in [-0.25, -0.2) is 0 Å². The zero-order chi connectivity index (χ0) is 37.6. The van der Waals surface area contributed by atoms with E-state index in [9.17, 15) is 20.2 Å². The van der Waals surface area contributed by atoms with Crippen molar-refractivity contribution in [1.82, 2.24) is 0 Å². The van der Waals surface area contributed by atoms with Gasteiger partial charge in [0.2, 0.25) is 0 Å². The summed E-state index contributed by atoms with van der Waals surface area (Å²) in [5.41, 5.74) is -0.523. The monoisotopic (exact) mass is 751 g/mol. The van der Waals surface area contributed by atoms with E-state index in [0.29, 0.717) is 139 Å². The summed E-state index contributed by atoms with van der Waals surface area (Å²) < 4.78 is 60.1. The zero-order valence-electron chi connectivity index (χ0n) is 30.8. The fourth-order valence-electron chi connectivity index (χ4n) is 4.12. The molecule has 0 atom stereocenters. The van der Waals surface area contributed by atoms with E-state index in [0.717, 1.165) is 19.1 Å². The molecule has 0 bridgehead atoms. The topological polar surface area (TPSA) is 200 Å². The van der Waals surface area contributed by atoms with Crippen molar-refractivity contribution in [3.05, 3.63) is 38.4 Å². The van der Waals surface area contributed by atoms with Gasteiger partial charge in [0.1, 0.15) is 5.69 Å². The van der Waals surface area contributed by atoms with Gasteiger partial charge in [-0.15, -0.1) is 0 Å². The first kappa shape index (κ1) is 47.4. The lowest BCUT2D eigenvalue weighted by atomic mass is 10.2. The van der Waals surface area contributed by atoms with Crippen LogP contribution in [0.15, 0.2) is 18.2 Å². The average Bonchev–Trinajstić information content (AvgIpc) is 3.14. The van der Waals surface area contributed by atoms with Gasteiger partial charge < -0.3 is 57.4 Å². The first-order valence-electron chi connectivity index (χ1n) is 18.1. The van der Waals surface area contributed by atoms with Gasteiger partial charge in [0.05, 0.1) is 155 Å². The summed E-state index contributed by atoms with van der Waals surface area (Å²) in [5, 5.41) is 24.8. The summed E-state index contributed by atoms with van der Waals surface area (Å²) in [6.45, 7) is 13.2. The van der Waals surface area contributed by atoms with Gasteiger partial charge in [-0.05, 0) is 12.5 Å². The second kappa shape index (κ2) is 36.7. The van der Waals surface area contributed by atoms with Gasteiger partial charge in [-0.1, -0.05) is 26.2 Å². The summed E-state index contributed by atoms with van der Waals surface area (Å²) in [4.78, 5) is 20.6. The van der Waals surface area contributed by atoms with Gasteiger partial charge in [-0.3, -0.25) is 20.2 Å². The Morgan fingerprint density at radius 1 is 0.462 bits per heavy atom. The second-order valence-electron chi connectivity index (χ2n) is 10.9. The van der Waals surface area contributed by atoms with E-state index in [-0.39, 0.29) is 23.7 Å². The molecule has 0 spiro atoms. The molecule has 0 aliphatic heterocycles. The Morgan fingerprint density at radius 3 is 1.13 bits per heavy atom. The molecule has 0 aliphatic rings. The van der Waals surface area contributed by atoms with Crippen molar-refractivity contribution in [3.63, 3.8) is 0 Å². The Bertz CT molecular complexity index is 980. The quantitative estimate of drug-likeness (QED) is 0.0577. The summed E-state index contributed by atoms with van der Waals surface area (Å²) in [6.07, 6.45) is 4.85. The number of unbranched alkanes of at least 4 members (excludes halogenated alkanes) is 3. The number of rotatable bonds is 41. The van der Waals surface area contributed by atoms with Crippen LogP contribution in [0.4, 0.5) is 17.1 Å². The summed E-state index contributed by atoms with van der Waals surface area (Å²) >= 11 is 0. The predicted molar refractivity (Wildman–Crippen MR) is 191 cm³/mol. The summed E-state index contributed by atoms with van der Waals surface area (Å²) in [6, 6.07) is 3.43. The molecule has 0 aliphatic carbocycles. The van der Waals surface area contributed by atoms with Crippen LogP contribution in [0.25, 0.3) is 0 Å². The van der Waals surface area contributed by atoms with E-state index >= 15 is 0 Å². The van der Waals surface area contributed by atoms with Gasteiger partial charge in [-0.2, -0.15) is 0 Å². The number of anilines is 1. The van der Waals surface area contributed by atoms with Crippen molar-refractivity contribution >= 4 is 17.1 Å². The average molecular weight is 752 g/mol. The molecule has 1 N–H and O–H groups in total. The third-order valence-corrected chi connectivity index (χ3v) is 6.81. The highest BCUT2D eigenvalue weighted by atomic mass is 16.6. The van der Waals surface area contributed by atoms with E-state index in [2.05, 4.69) is 12.2 Å². The van der Waals surface area contributed by atoms with E-state index in [1.165, 1.54) is 31.4 Å². The first-order chi connectivity index (χ1) is 25.6. The number of hydrogen-bond acceptors (Lipinski definition) is 16. The number of nitrogens with zero attached hydrogens (tertiary/aromatic N) is 2. The van der Waals surface area contributed by atoms with Crippen LogP contribution in [0.2, 0.25) is 0 Å². The van der Waals surface area contributed by atoms with E-state index < -0.39 is 9.85 Å². The zero-order valence-corrected chi connectivity index (χ0v) is 30.8. The second-order valence-corrected chi connectivity index (χ2v) is 10.9. The Labute approximate surface area is 307 Å². The molecule has 1 aromatic rings. The number of non-ortho nitro benzene ring substituents is 1. The molecule has 0 amide bonds. The molecule has 18 heteroatoms. The van der Waals surface area contributed by atoms with Gasteiger partial charge in [0, 0.05) is 19.2 Å². The van der Waals surface area contributed by atoms with Crippen molar-refractivity contribution in [2.75, 3.05) is 157 Å². The molecule has 1 aromatic carbocycles. The minimum Gasteiger partial charge on any atom is -0.379 e. The van der Waals surface area contributed by atoms with Crippen molar-refractivity contribution < 1.29 is 62.0 Å². The Kier molecular flexibility index (Phi) is 33.5. The maximum absolute atomic E-state index is 11.1. The highest BCUT2D eigenvalue weighted by Crippen LogP contribution is 2.28. The molecule has 0 fully saturated rings. The van der Waals surface area contributed by atoms with Crippen LogP contribution in [-0.2, 0) is 52.1 Å². The highest BCUT2D eigenvalue weighted by Gasteiger charge is 2.19. The maximum atomic E-state index is 11.1. The van der Waals surface area contributed by atoms with E-state index in [4.69, 9.17) is 52.1 Å². The smallest absolute Gasteiger partial charge is 0.299 e. The molecule has 1 rings (SSSR count). The molecule has 302 valence electrons. The standard InChI is InChI=1S/C34H61N3O15/c1-2-3-4-5-9-42-11-13-44-15-17-46-19-21-48-23-25-50-27-29-52-30-28-51-26-24-49-22-20-47-18-16-45-14-12-43-10-8-35-33-7-6-32(36(38)39)31-34(33)37(40)41/h6-7,31,35H,2-5,8-30H2,1H3. The minimum atomic E-state index is -0.680. The first-order valence-corrected chi connectivity index (χ1v) is 18.1. The van der Waals surface area contributed by atoms with Crippen molar-refractivity contribution in [2.45, 2.75) is 32.6 Å². The summed E-state index contributed by atoms with van der Waals surface area (Å²) in [7, 11) is 0. The van der Waals surface area contributed by atoms with Crippen LogP contribution in [0, 0.1) is 20.2 Å². The van der Waals surface area contributed by atoms with Gasteiger partial charge in [0.25, 0.3) is 11.4 Å². The fraction of sp³-hybridized carbons (Fsp3) is 0.824. The lowest BCUT2D eigenvalue weighted by Gasteiger charge is -2.09. The number of nitro groups is 2. The molecule has 0 radical (unpaired) electrons. The highest BCUT2D eigenvalue weighted by molar-refractivity contribution is 5.65. The Morgan fingerprint density at radius 2 is 0.808 bits per heavy atom. The molecule has 0 aromatic heterocycles. The largest absolute Gasteiger partial charge is 0.379 e. The van der Waals surface area contributed by atoms with E-state index in [1.54, 1.807) is 0 Å². The summed E-state index contributed by atoms with van der Waals surface area (Å²) in [5.74, 6) is 0. The molecule has 0 heterocycles. The number of benzene rings is 1. The van der Waals surface area contributed by atoms with Crippen LogP contribution in [0.3, 0.4) is 0 Å². The normalized spacial score (nSPS) is 11.3. The SMILES string of the molecule is CCCCCCOCCOCCOCCOCCOCCOCCOCCOCCOCCOCCOCCNc1ccc([N+](=O)[O-])cc1[N+](=O)[O-]. The van der Waals surface area contributed by atoms with Crippen LogP contribution in [0.1, 0.15) is 32.6 Å². The number of nitro benzene ring substituents is 2. The van der Waals surface area contributed by atoms with Crippen LogP contribution < -0.4 is 5.32 Å². The number of ether oxygens (including phenoxy) is 11. The third-order valence-electron chi connectivity index (χ3n) is 6.81. The predicted octanol–water partition coefficient (Wildman–Crippen LogP) is 3.68. The van der Waals surface area contributed by atoms with Crippen molar-refractivity contribution in [1.29, 1.82) is 0 Å². The molecule has 0 saturated carbocycles. The third kappa shape index (κ3) is 29.9. The van der Waals surface area contributed by atoms with Crippen LogP contribution in [-0.4, -0.2) is 162 Å². The molecule has 0 saturated heterocycles. The molecule has 52 heavy (non-hydrogen) atoms. The molecular formula is C34H61N3O15. The lowest BCUT2D eigenvalue weighted by molar-refractivity contribution is -0.393. The molecule has 18 nitrogen and oxygen atoms in total. The van der Waals surface area contributed by atoms with E-state index in [1.807, 2.05) is 0 Å². The molecular weight excluding hydrogens is 690 g/mol.